The number of hydrogen-bond acceptors (Lipinski definition) is 4. The van der Waals surface area contributed by atoms with Crippen LogP contribution in [-0.4, -0.2) is 15.9 Å². The number of nitrogens with two attached hydrogens (primary N) is 1. The van der Waals surface area contributed by atoms with E-state index in [2.05, 4.69) is 15.3 Å². The van der Waals surface area contributed by atoms with Crippen LogP contribution in [0.4, 0.5) is 16.0 Å². The van der Waals surface area contributed by atoms with Crippen molar-refractivity contribution in [3.05, 3.63) is 46.0 Å². The highest BCUT2D eigenvalue weighted by Crippen LogP contribution is 2.18. The third kappa shape index (κ3) is 3.03. The van der Waals surface area contributed by atoms with Gasteiger partial charge < -0.3 is 5.73 Å². The lowest BCUT2D eigenvalue weighted by atomic mass is 10.1. The van der Waals surface area contributed by atoms with Crippen LogP contribution in [0.1, 0.15) is 21.6 Å². The van der Waals surface area contributed by atoms with E-state index in [1.54, 1.807) is 13.0 Å². The van der Waals surface area contributed by atoms with Gasteiger partial charge in [0.05, 0.1) is 5.56 Å². The van der Waals surface area contributed by atoms with Crippen LogP contribution in [-0.2, 0) is 0 Å². The first-order valence-electron chi connectivity index (χ1n) is 5.75. The summed E-state index contributed by atoms with van der Waals surface area (Å²) in [6.45, 7) is 3.23. The topological polar surface area (TPSA) is 80.9 Å². The Bertz CT molecular complexity index is 670. The summed E-state index contributed by atoms with van der Waals surface area (Å²) in [6, 6.07) is 4.25. The largest absolute Gasteiger partial charge is 0.399 e. The van der Waals surface area contributed by atoms with Crippen LogP contribution >= 0.6 is 11.6 Å². The Balaban J connectivity index is 2.33. The Hall–Kier alpha value is -2.21. The zero-order valence-corrected chi connectivity index (χ0v) is 11.6. The maximum atomic E-state index is 13.9. The molecule has 0 bridgehead atoms. The number of aromatic nitrogens is 2. The minimum absolute atomic E-state index is 0.0134. The molecular weight excluding hydrogens is 283 g/mol. The molecule has 104 valence electrons. The third-order valence-electron chi connectivity index (χ3n) is 2.57. The van der Waals surface area contributed by atoms with E-state index in [-0.39, 0.29) is 16.7 Å². The van der Waals surface area contributed by atoms with Gasteiger partial charge in [-0.2, -0.15) is 0 Å². The zero-order valence-electron chi connectivity index (χ0n) is 10.9. The van der Waals surface area contributed by atoms with E-state index in [1.807, 2.05) is 0 Å². The highest BCUT2D eigenvalue weighted by molar-refractivity contribution is 6.29. The molecule has 2 rings (SSSR count). The van der Waals surface area contributed by atoms with Gasteiger partial charge in [-0.15, -0.1) is 0 Å². The van der Waals surface area contributed by atoms with E-state index in [1.165, 1.54) is 19.1 Å². The average Bonchev–Trinajstić information content (AvgIpc) is 2.32. The molecule has 0 radical (unpaired) electrons. The van der Waals surface area contributed by atoms with E-state index in [0.29, 0.717) is 16.9 Å². The van der Waals surface area contributed by atoms with E-state index < -0.39 is 11.7 Å². The molecule has 0 saturated heterocycles. The number of nitrogens with one attached hydrogen (secondary N) is 1. The van der Waals surface area contributed by atoms with Gasteiger partial charge >= 0.3 is 0 Å². The smallest absolute Gasteiger partial charge is 0.261 e. The molecule has 1 heterocycles. The fourth-order valence-electron chi connectivity index (χ4n) is 1.72. The van der Waals surface area contributed by atoms with E-state index in [0.717, 1.165) is 0 Å². The molecule has 0 aliphatic rings. The van der Waals surface area contributed by atoms with Crippen molar-refractivity contribution >= 4 is 29.1 Å². The number of aryl methyl sites for hydroxylation is 2. The number of hydrogen-bond donors (Lipinski definition) is 2. The summed E-state index contributed by atoms with van der Waals surface area (Å²) in [4.78, 5) is 19.9. The monoisotopic (exact) mass is 294 g/mol. The van der Waals surface area contributed by atoms with E-state index in [9.17, 15) is 9.18 Å². The molecule has 1 aromatic heterocycles. The van der Waals surface area contributed by atoms with Crippen LogP contribution in [0.5, 0.6) is 0 Å². The lowest BCUT2D eigenvalue weighted by molar-refractivity contribution is 0.102. The number of carbonyl (C=O) groups excluding carboxylic acids is 1. The molecule has 0 atom stereocenters. The Morgan fingerprint density at radius 3 is 2.65 bits per heavy atom. The van der Waals surface area contributed by atoms with Gasteiger partial charge in [-0.25, -0.2) is 14.4 Å². The van der Waals surface area contributed by atoms with Crippen LogP contribution in [0.3, 0.4) is 0 Å². The van der Waals surface area contributed by atoms with Crippen molar-refractivity contribution in [2.24, 2.45) is 0 Å². The number of amides is 1. The van der Waals surface area contributed by atoms with Crippen LogP contribution in [0.25, 0.3) is 0 Å². The Morgan fingerprint density at radius 2 is 2.00 bits per heavy atom. The number of carbonyl (C=O) groups is 1. The number of anilines is 2. The Kier molecular flexibility index (Phi) is 3.85. The summed E-state index contributed by atoms with van der Waals surface area (Å²) < 4.78 is 13.9. The Labute approximate surface area is 120 Å². The minimum atomic E-state index is -0.681. The van der Waals surface area contributed by atoms with Crippen LogP contribution in [0.15, 0.2) is 18.2 Å². The molecule has 0 unspecified atom stereocenters. The third-order valence-corrected chi connectivity index (χ3v) is 2.76. The first kappa shape index (κ1) is 14.2. The first-order chi connectivity index (χ1) is 9.36. The zero-order chi connectivity index (χ0) is 14.9. The highest BCUT2D eigenvalue weighted by Gasteiger charge is 2.16. The average molecular weight is 295 g/mol. The maximum Gasteiger partial charge on any atom is 0.261 e. The molecule has 2 aromatic rings. The van der Waals surface area contributed by atoms with Crippen molar-refractivity contribution in [1.82, 2.24) is 9.97 Å². The number of benzene rings is 1. The van der Waals surface area contributed by atoms with Gasteiger partial charge in [0.25, 0.3) is 5.91 Å². The molecule has 3 N–H and O–H groups in total. The molecule has 0 aliphatic carbocycles. The number of nitrogens with zero attached hydrogens (tertiary/aromatic N) is 2. The second kappa shape index (κ2) is 5.42. The minimum Gasteiger partial charge on any atom is -0.399 e. The summed E-state index contributed by atoms with van der Waals surface area (Å²) in [6.07, 6.45) is 0. The summed E-state index contributed by atoms with van der Waals surface area (Å²) >= 11 is 5.76. The van der Waals surface area contributed by atoms with Gasteiger partial charge in [0.1, 0.15) is 11.0 Å². The van der Waals surface area contributed by atoms with Gasteiger partial charge in [0.15, 0.2) is 0 Å². The number of rotatable bonds is 2. The lowest BCUT2D eigenvalue weighted by Gasteiger charge is -2.08. The quantitative estimate of drug-likeness (QED) is 0.659. The fraction of sp³-hybridized carbons (Fsp3) is 0.154. The van der Waals surface area contributed by atoms with Crippen LogP contribution in [0, 0.1) is 19.7 Å². The molecule has 1 aromatic carbocycles. The summed E-state index contributed by atoms with van der Waals surface area (Å²) in [5.41, 5.74) is 6.63. The second-order valence-corrected chi connectivity index (χ2v) is 4.70. The van der Waals surface area contributed by atoms with E-state index >= 15 is 0 Å². The van der Waals surface area contributed by atoms with Crippen molar-refractivity contribution in [2.75, 3.05) is 11.1 Å². The normalized spacial score (nSPS) is 10.4. The second-order valence-electron chi connectivity index (χ2n) is 4.31. The fourth-order valence-corrected chi connectivity index (χ4v) is 1.96. The van der Waals surface area contributed by atoms with Crippen molar-refractivity contribution in [3.8, 4) is 0 Å². The summed E-state index contributed by atoms with van der Waals surface area (Å²) in [5, 5.41) is 2.59. The van der Waals surface area contributed by atoms with Crippen molar-refractivity contribution < 1.29 is 9.18 Å². The molecule has 5 nitrogen and oxygen atoms in total. The highest BCUT2D eigenvalue weighted by atomic mass is 35.5. The first-order valence-corrected chi connectivity index (χ1v) is 6.13. The van der Waals surface area contributed by atoms with Crippen LogP contribution < -0.4 is 11.1 Å². The Morgan fingerprint density at radius 1 is 1.30 bits per heavy atom. The van der Waals surface area contributed by atoms with Crippen molar-refractivity contribution in [1.29, 1.82) is 0 Å². The number of halogens is 2. The van der Waals surface area contributed by atoms with Gasteiger partial charge in [-0.3, -0.25) is 10.1 Å². The standard InChI is InChI=1S/C13H12ClFN4O/c1-6-3-8(16)5-9(11(6)15)12(20)19-13-17-7(2)4-10(14)18-13/h3-5H,16H2,1-2H3,(H,17,18,19,20). The van der Waals surface area contributed by atoms with Gasteiger partial charge in [-0.1, -0.05) is 11.6 Å². The predicted molar refractivity (Wildman–Crippen MR) is 75.3 cm³/mol. The molecule has 0 saturated carbocycles. The predicted octanol–water partition coefficient (Wildman–Crippen LogP) is 2.72. The molecule has 0 aliphatic heterocycles. The maximum absolute atomic E-state index is 13.9. The SMILES string of the molecule is Cc1cc(Cl)nc(NC(=O)c2cc(N)cc(C)c2F)n1. The molecule has 0 fully saturated rings. The van der Waals surface area contributed by atoms with Crippen molar-refractivity contribution in [3.63, 3.8) is 0 Å². The van der Waals surface area contributed by atoms with Gasteiger partial charge in [-0.05, 0) is 37.6 Å². The molecular formula is C13H12ClFN4O. The summed E-state index contributed by atoms with van der Waals surface area (Å²) in [5.74, 6) is -1.30. The van der Waals surface area contributed by atoms with Crippen LogP contribution in [0.2, 0.25) is 5.15 Å². The van der Waals surface area contributed by atoms with Gasteiger partial charge in [0, 0.05) is 11.4 Å². The molecule has 7 heteroatoms. The van der Waals surface area contributed by atoms with Crippen molar-refractivity contribution in [2.45, 2.75) is 13.8 Å². The van der Waals surface area contributed by atoms with Gasteiger partial charge in [0.2, 0.25) is 5.95 Å². The molecule has 1 amide bonds. The molecule has 0 spiro atoms. The number of nitrogen functional groups attached to an aromatic ring is 1. The summed E-state index contributed by atoms with van der Waals surface area (Å²) in [7, 11) is 0. The van der Waals surface area contributed by atoms with E-state index in [4.69, 9.17) is 17.3 Å². The lowest BCUT2D eigenvalue weighted by Crippen LogP contribution is -2.17. The molecule has 20 heavy (non-hydrogen) atoms.